The molecule has 0 amide bonds. The number of rotatable bonds is 5. The average Bonchev–Trinajstić information content (AvgIpc) is 2.84. The molecule has 2 aromatic heterocycles. The van der Waals surface area contributed by atoms with Crippen molar-refractivity contribution >= 4 is 17.7 Å². The first kappa shape index (κ1) is 12.6. The van der Waals surface area contributed by atoms with Crippen LogP contribution in [0.4, 0.5) is 0 Å². The van der Waals surface area contributed by atoms with Crippen molar-refractivity contribution in [2.45, 2.75) is 24.2 Å². The minimum absolute atomic E-state index is 0.206. The van der Waals surface area contributed by atoms with Crippen LogP contribution in [0.5, 0.6) is 0 Å². The van der Waals surface area contributed by atoms with Crippen molar-refractivity contribution in [3.8, 4) is 0 Å². The van der Waals surface area contributed by atoms with Crippen molar-refractivity contribution in [2.75, 3.05) is 0 Å². The number of carbonyl (C=O) groups is 1. The van der Waals surface area contributed by atoms with E-state index in [1.54, 1.807) is 30.2 Å². The minimum Gasteiger partial charge on any atom is -0.478 e. The van der Waals surface area contributed by atoms with E-state index in [0.29, 0.717) is 0 Å². The number of hydrogen-bond donors (Lipinski definition) is 1. The van der Waals surface area contributed by atoms with Gasteiger partial charge in [0.05, 0.1) is 16.9 Å². The van der Waals surface area contributed by atoms with E-state index < -0.39 is 5.97 Å². The molecule has 94 valence electrons. The summed E-state index contributed by atoms with van der Waals surface area (Å²) in [5.41, 5.74) is 1.34. The lowest BCUT2D eigenvalue weighted by Crippen LogP contribution is -1.98. The number of aryl methyl sites for hydroxylation is 1. The Bertz CT molecular complexity index is 537. The van der Waals surface area contributed by atoms with Crippen LogP contribution in [0.1, 0.15) is 23.0 Å². The van der Waals surface area contributed by atoms with Gasteiger partial charge in [0.25, 0.3) is 0 Å². The molecule has 2 rings (SSSR count). The Morgan fingerprint density at radius 3 is 2.89 bits per heavy atom. The largest absolute Gasteiger partial charge is 0.478 e. The van der Waals surface area contributed by atoms with Crippen molar-refractivity contribution in [3.63, 3.8) is 0 Å². The number of nitrogens with zero attached hydrogens (tertiary/aromatic N) is 3. The van der Waals surface area contributed by atoms with Gasteiger partial charge >= 0.3 is 5.97 Å². The number of imidazole rings is 1. The van der Waals surface area contributed by atoms with E-state index in [4.69, 9.17) is 5.11 Å². The molecule has 1 N–H and O–H groups in total. The highest BCUT2D eigenvalue weighted by molar-refractivity contribution is 7.98. The van der Waals surface area contributed by atoms with Crippen molar-refractivity contribution in [1.29, 1.82) is 0 Å². The Hall–Kier alpha value is -1.82. The number of pyridine rings is 1. The standard InChI is InChI=1S/C12H13N3O2S/c1-2-15-8-13-6-10(15)7-18-11-4-3-9(5-14-11)12(16)17/h3-6,8H,2,7H2,1H3,(H,16,17). The van der Waals surface area contributed by atoms with Crippen LogP contribution in [0.3, 0.4) is 0 Å². The summed E-state index contributed by atoms with van der Waals surface area (Å²) in [6.07, 6.45) is 5.01. The summed E-state index contributed by atoms with van der Waals surface area (Å²) in [4.78, 5) is 18.9. The normalized spacial score (nSPS) is 10.5. The summed E-state index contributed by atoms with van der Waals surface area (Å²) in [5.74, 6) is -0.184. The van der Waals surface area contributed by atoms with Crippen molar-refractivity contribution in [3.05, 3.63) is 42.1 Å². The second-order valence-corrected chi connectivity index (χ2v) is 4.65. The van der Waals surface area contributed by atoms with Crippen LogP contribution in [0, 0.1) is 0 Å². The van der Waals surface area contributed by atoms with Gasteiger partial charge in [-0.1, -0.05) is 0 Å². The van der Waals surface area contributed by atoms with Crippen LogP contribution in [0.15, 0.2) is 35.9 Å². The summed E-state index contributed by atoms with van der Waals surface area (Å²) in [6, 6.07) is 3.29. The molecule has 0 aliphatic rings. The number of thioether (sulfide) groups is 1. The maximum Gasteiger partial charge on any atom is 0.337 e. The molecular weight excluding hydrogens is 250 g/mol. The van der Waals surface area contributed by atoms with Gasteiger partial charge in [0, 0.05) is 30.4 Å². The maximum absolute atomic E-state index is 10.7. The first-order chi connectivity index (χ1) is 8.70. The van der Waals surface area contributed by atoms with E-state index >= 15 is 0 Å². The third-order valence-electron chi connectivity index (χ3n) is 2.49. The van der Waals surface area contributed by atoms with Crippen molar-refractivity contribution in [1.82, 2.24) is 14.5 Å². The molecule has 0 aromatic carbocycles. The predicted octanol–water partition coefficient (Wildman–Crippen LogP) is 2.29. The number of hydrogen-bond acceptors (Lipinski definition) is 4. The molecule has 0 aliphatic carbocycles. The molecule has 0 saturated heterocycles. The van der Waals surface area contributed by atoms with Gasteiger partial charge < -0.3 is 9.67 Å². The summed E-state index contributed by atoms with van der Waals surface area (Å²) >= 11 is 1.56. The zero-order valence-electron chi connectivity index (χ0n) is 9.91. The quantitative estimate of drug-likeness (QED) is 0.838. The molecular formula is C12H13N3O2S. The third kappa shape index (κ3) is 2.89. The highest BCUT2D eigenvalue weighted by atomic mass is 32.2. The summed E-state index contributed by atoms with van der Waals surface area (Å²) in [6.45, 7) is 2.96. The molecule has 18 heavy (non-hydrogen) atoms. The van der Waals surface area contributed by atoms with Crippen LogP contribution in [-0.4, -0.2) is 25.6 Å². The van der Waals surface area contributed by atoms with Gasteiger partial charge in [-0.2, -0.15) is 0 Å². The van der Waals surface area contributed by atoms with Crippen molar-refractivity contribution in [2.24, 2.45) is 0 Å². The topological polar surface area (TPSA) is 68.0 Å². The van der Waals surface area contributed by atoms with E-state index in [9.17, 15) is 4.79 Å². The number of aromatic nitrogens is 3. The molecule has 0 spiro atoms. The zero-order chi connectivity index (χ0) is 13.0. The lowest BCUT2D eigenvalue weighted by molar-refractivity contribution is 0.0696. The van der Waals surface area contributed by atoms with Gasteiger partial charge in [-0.25, -0.2) is 14.8 Å². The van der Waals surface area contributed by atoms with Gasteiger partial charge in [0.1, 0.15) is 0 Å². The van der Waals surface area contributed by atoms with E-state index in [0.717, 1.165) is 23.0 Å². The first-order valence-corrected chi connectivity index (χ1v) is 6.50. The molecule has 0 unspecified atom stereocenters. The number of carboxylic acids is 1. The molecule has 0 atom stereocenters. The van der Waals surface area contributed by atoms with Crippen molar-refractivity contribution < 1.29 is 9.90 Å². The predicted molar refractivity (Wildman–Crippen MR) is 68.7 cm³/mol. The summed E-state index contributed by atoms with van der Waals surface area (Å²) < 4.78 is 2.07. The molecule has 0 saturated carbocycles. The Balaban J connectivity index is 2.00. The molecule has 0 bridgehead atoms. The zero-order valence-corrected chi connectivity index (χ0v) is 10.7. The van der Waals surface area contributed by atoms with Gasteiger partial charge in [-0.3, -0.25) is 0 Å². The highest BCUT2D eigenvalue weighted by Gasteiger charge is 2.05. The Kier molecular flexibility index (Phi) is 3.99. The SMILES string of the molecule is CCn1cncc1CSc1ccc(C(=O)O)cn1. The monoisotopic (exact) mass is 263 g/mol. The third-order valence-corrected chi connectivity index (χ3v) is 3.47. The number of aromatic carboxylic acids is 1. The molecule has 0 radical (unpaired) electrons. The van der Waals surface area contributed by atoms with E-state index in [-0.39, 0.29) is 5.56 Å². The Labute approximate surface area is 109 Å². The van der Waals surface area contributed by atoms with Gasteiger partial charge in [-0.15, -0.1) is 11.8 Å². The smallest absolute Gasteiger partial charge is 0.337 e. The molecule has 0 fully saturated rings. The molecule has 2 heterocycles. The Morgan fingerprint density at radius 1 is 1.44 bits per heavy atom. The average molecular weight is 263 g/mol. The fraction of sp³-hybridized carbons (Fsp3) is 0.250. The lowest BCUT2D eigenvalue weighted by Gasteiger charge is -2.04. The molecule has 6 heteroatoms. The number of carboxylic acid groups (broad SMARTS) is 1. The van der Waals surface area contributed by atoms with Crippen LogP contribution in [0.25, 0.3) is 0 Å². The summed E-state index contributed by atoms with van der Waals surface area (Å²) in [7, 11) is 0. The van der Waals surface area contributed by atoms with Gasteiger partial charge in [-0.05, 0) is 19.1 Å². The van der Waals surface area contributed by atoms with Crippen LogP contribution < -0.4 is 0 Å². The molecule has 0 aliphatic heterocycles. The van der Waals surface area contributed by atoms with Gasteiger partial charge in [0.15, 0.2) is 0 Å². The second-order valence-electron chi connectivity index (χ2n) is 3.65. The maximum atomic E-state index is 10.7. The van der Waals surface area contributed by atoms with E-state index in [1.807, 2.05) is 6.20 Å². The molecule has 5 nitrogen and oxygen atoms in total. The highest BCUT2D eigenvalue weighted by Crippen LogP contribution is 2.20. The molecule has 2 aromatic rings. The van der Waals surface area contributed by atoms with Crippen LogP contribution in [0.2, 0.25) is 0 Å². The minimum atomic E-state index is -0.955. The fourth-order valence-corrected chi connectivity index (χ4v) is 2.32. The van der Waals surface area contributed by atoms with Crippen LogP contribution in [-0.2, 0) is 12.3 Å². The Morgan fingerprint density at radius 2 is 2.28 bits per heavy atom. The van der Waals surface area contributed by atoms with E-state index in [2.05, 4.69) is 21.5 Å². The lowest BCUT2D eigenvalue weighted by atomic mass is 10.3. The van der Waals surface area contributed by atoms with Crippen LogP contribution >= 0.6 is 11.8 Å². The fourth-order valence-electron chi connectivity index (χ4n) is 1.49. The summed E-state index contributed by atoms with van der Waals surface area (Å²) in [5, 5.41) is 9.57. The van der Waals surface area contributed by atoms with E-state index in [1.165, 1.54) is 6.20 Å². The second kappa shape index (κ2) is 5.68. The van der Waals surface area contributed by atoms with Gasteiger partial charge in [0.2, 0.25) is 0 Å². The first-order valence-electron chi connectivity index (χ1n) is 5.52.